The highest BCUT2D eigenvalue weighted by atomic mass is 32.2. The van der Waals surface area contributed by atoms with Gasteiger partial charge in [0.25, 0.3) is 11.5 Å². The number of nitrogen functional groups attached to an aromatic ring is 1. The molecule has 9 nitrogen and oxygen atoms in total. The van der Waals surface area contributed by atoms with Crippen LogP contribution in [0.4, 0.5) is 11.6 Å². The smallest absolute Gasteiger partial charge is 0.283 e. The minimum absolute atomic E-state index is 0.0324. The van der Waals surface area contributed by atoms with Crippen LogP contribution in [0.25, 0.3) is 17.2 Å². The number of hydrogen-bond donors (Lipinski definition) is 1. The van der Waals surface area contributed by atoms with Gasteiger partial charge in [-0.05, 0) is 19.2 Å². The maximum absolute atomic E-state index is 11.3. The summed E-state index contributed by atoms with van der Waals surface area (Å²) in [5, 5.41) is 15.9. The molecule has 0 radical (unpaired) electrons. The Bertz CT molecular complexity index is 893. The molecule has 2 aromatic heterocycles. The second-order valence-corrected chi connectivity index (χ2v) is 5.22. The maximum atomic E-state index is 11.3. The normalized spacial score (nSPS) is 11.0. The molecule has 10 heteroatoms. The summed E-state index contributed by atoms with van der Waals surface area (Å²) in [5.41, 5.74) is 6.63. The van der Waals surface area contributed by atoms with E-state index in [1.54, 1.807) is 25.1 Å². The second-order valence-electron chi connectivity index (χ2n) is 4.44. The van der Waals surface area contributed by atoms with E-state index < -0.39 is 4.92 Å². The van der Waals surface area contributed by atoms with E-state index >= 15 is 0 Å². The lowest BCUT2D eigenvalue weighted by Crippen LogP contribution is -2.04. The molecule has 2 N–H and O–H groups in total. The molecule has 1 aromatic carbocycles. The fourth-order valence-corrected chi connectivity index (χ4v) is 2.43. The van der Waals surface area contributed by atoms with Crippen LogP contribution in [0.3, 0.4) is 0 Å². The molecule has 3 aromatic rings. The highest BCUT2D eigenvalue weighted by molar-refractivity contribution is 7.98. The average molecular weight is 317 g/mol. The van der Waals surface area contributed by atoms with Crippen molar-refractivity contribution in [1.82, 2.24) is 24.6 Å². The van der Waals surface area contributed by atoms with Gasteiger partial charge in [0.15, 0.2) is 11.0 Å². The summed E-state index contributed by atoms with van der Waals surface area (Å²) in [6.07, 6.45) is 1.81. The first-order valence-electron chi connectivity index (χ1n) is 6.20. The number of hydrogen-bond acceptors (Lipinski definition) is 8. The van der Waals surface area contributed by atoms with Gasteiger partial charge in [-0.1, -0.05) is 23.9 Å². The minimum atomic E-state index is -0.446. The van der Waals surface area contributed by atoms with Crippen molar-refractivity contribution in [3.8, 4) is 11.4 Å². The fourth-order valence-electron chi connectivity index (χ4n) is 2.07. The third kappa shape index (κ3) is 2.22. The van der Waals surface area contributed by atoms with E-state index in [1.165, 1.54) is 16.3 Å². The number of nitrogens with zero attached hydrogens (tertiary/aromatic N) is 6. The van der Waals surface area contributed by atoms with Crippen LogP contribution in [-0.2, 0) is 0 Å². The van der Waals surface area contributed by atoms with Crippen LogP contribution in [0.2, 0.25) is 0 Å². The molecule has 0 aliphatic carbocycles. The zero-order valence-corrected chi connectivity index (χ0v) is 12.5. The largest absolute Gasteiger partial charge is 0.368 e. The molecule has 112 valence electrons. The third-order valence-electron chi connectivity index (χ3n) is 3.06. The van der Waals surface area contributed by atoms with Gasteiger partial charge in [-0.25, -0.2) is 0 Å². The summed E-state index contributed by atoms with van der Waals surface area (Å²) in [7, 11) is 0. The average Bonchev–Trinajstić information content (AvgIpc) is 2.90. The Balaban J connectivity index is 2.26. The number of aryl methyl sites for hydroxylation is 1. The lowest BCUT2D eigenvalue weighted by atomic mass is 10.1. The van der Waals surface area contributed by atoms with Crippen molar-refractivity contribution in [3.63, 3.8) is 0 Å². The van der Waals surface area contributed by atoms with Gasteiger partial charge >= 0.3 is 0 Å². The highest BCUT2D eigenvalue weighted by Gasteiger charge is 2.22. The Labute approximate surface area is 128 Å². The van der Waals surface area contributed by atoms with Crippen molar-refractivity contribution in [3.05, 3.63) is 33.9 Å². The number of rotatable bonds is 3. The Morgan fingerprint density at radius 1 is 1.32 bits per heavy atom. The van der Waals surface area contributed by atoms with Gasteiger partial charge in [0.2, 0.25) is 5.95 Å². The quantitative estimate of drug-likeness (QED) is 0.439. The minimum Gasteiger partial charge on any atom is -0.368 e. The van der Waals surface area contributed by atoms with Crippen molar-refractivity contribution in [1.29, 1.82) is 0 Å². The van der Waals surface area contributed by atoms with E-state index in [0.717, 1.165) is 0 Å². The first-order chi connectivity index (χ1) is 10.5. The Hall–Kier alpha value is -2.75. The summed E-state index contributed by atoms with van der Waals surface area (Å²) in [4.78, 5) is 23.3. The van der Waals surface area contributed by atoms with Crippen LogP contribution in [0.5, 0.6) is 0 Å². The number of benzene rings is 1. The van der Waals surface area contributed by atoms with E-state index in [-0.39, 0.29) is 23.2 Å². The van der Waals surface area contributed by atoms with Crippen LogP contribution in [0.1, 0.15) is 5.56 Å². The van der Waals surface area contributed by atoms with Crippen LogP contribution >= 0.6 is 11.8 Å². The van der Waals surface area contributed by atoms with Crippen molar-refractivity contribution in [2.75, 3.05) is 12.0 Å². The van der Waals surface area contributed by atoms with Gasteiger partial charge in [0, 0.05) is 5.56 Å². The molecule has 0 atom stereocenters. The van der Waals surface area contributed by atoms with Gasteiger partial charge in [-0.2, -0.15) is 19.5 Å². The number of fused-ring (bicyclic) bond motifs is 1. The molecule has 2 heterocycles. The number of para-hydroxylation sites is 1. The molecule has 22 heavy (non-hydrogen) atoms. The molecule has 0 aliphatic rings. The van der Waals surface area contributed by atoms with Gasteiger partial charge in [-0.15, -0.1) is 5.10 Å². The standard InChI is InChI=1S/C12H11N7O2S/c1-6-4-3-5-7(8(6)19(20)21)9-14-11-16-12(22-2)15-10(13)18(11)17-9/h3-5H,1-2H3,(H2,13,14,15,16,17). The van der Waals surface area contributed by atoms with Gasteiger partial charge < -0.3 is 5.73 Å². The van der Waals surface area contributed by atoms with E-state index in [2.05, 4.69) is 20.1 Å². The summed E-state index contributed by atoms with van der Waals surface area (Å²) >= 11 is 1.32. The zero-order chi connectivity index (χ0) is 15.9. The Morgan fingerprint density at radius 3 is 2.77 bits per heavy atom. The number of nitrogens with two attached hydrogens (primary N) is 1. The van der Waals surface area contributed by atoms with Gasteiger partial charge in [-0.3, -0.25) is 10.1 Å². The molecular weight excluding hydrogens is 306 g/mol. The molecule has 0 amide bonds. The molecule has 0 saturated heterocycles. The SMILES string of the molecule is CSc1nc(N)n2nc(-c3cccc(C)c3[N+](=O)[O-])nc2n1. The molecule has 3 rings (SSSR count). The van der Waals surface area contributed by atoms with Crippen LogP contribution in [0.15, 0.2) is 23.4 Å². The molecule has 0 bridgehead atoms. The second kappa shape index (κ2) is 5.22. The number of thioether (sulfide) groups is 1. The van der Waals surface area contributed by atoms with Crippen LogP contribution in [-0.4, -0.2) is 35.7 Å². The molecule has 0 spiro atoms. The monoisotopic (exact) mass is 317 g/mol. The lowest BCUT2D eigenvalue weighted by Gasteiger charge is -2.01. The van der Waals surface area contributed by atoms with Crippen molar-refractivity contribution >= 4 is 29.2 Å². The predicted octanol–water partition coefficient (Wildman–Crippen LogP) is 1.71. The van der Waals surface area contributed by atoms with Gasteiger partial charge in [0.05, 0.1) is 10.5 Å². The first kappa shape index (κ1) is 14.2. The van der Waals surface area contributed by atoms with Crippen LogP contribution in [0, 0.1) is 17.0 Å². The molecule has 0 aliphatic heterocycles. The molecule has 0 saturated carbocycles. The molecular formula is C12H11N7O2S. The number of nitro benzene ring substituents is 1. The van der Waals surface area contributed by atoms with E-state index in [0.29, 0.717) is 16.3 Å². The number of nitro groups is 1. The molecule has 0 unspecified atom stereocenters. The van der Waals surface area contributed by atoms with Crippen molar-refractivity contribution in [2.24, 2.45) is 0 Å². The van der Waals surface area contributed by atoms with E-state index in [4.69, 9.17) is 5.73 Å². The number of aromatic nitrogens is 5. The highest BCUT2D eigenvalue weighted by Crippen LogP contribution is 2.30. The molecule has 0 fully saturated rings. The van der Waals surface area contributed by atoms with E-state index in [1.807, 2.05) is 6.26 Å². The van der Waals surface area contributed by atoms with Crippen LogP contribution < -0.4 is 5.73 Å². The van der Waals surface area contributed by atoms with Crippen molar-refractivity contribution < 1.29 is 4.92 Å². The summed E-state index contributed by atoms with van der Waals surface area (Å²) in [6, 6.07) is 4.97. The number of anilines is 1. The predicted molar refractivity (Wildman–Crippen MR) is 81.6 cm³/mol. The third-order valence-corrected chi connectivity index (χ3v) is 3.60. The summed E-state index contributed by atoms with van der Waals surface area (Å²) in [6.45, 7) is 1.66. The summed E-state index contributed by atoms with van der Waals surface area (Å²) in [5.74, 6) is 0.570. The first-order valence-corrected chi connectivity index (χ1v) is 7.42. The Morgan fingerprint density at radius 2 is 2.09 bits per heavy atom. The topological polar surface area (TPSA) is 125 Å². The Kier molecular flexibility index (Phi) is 3.37. The fraction of sp³-hybridized carbons (Fsp3) is 0.167. The maximum Gasteiger partial charge on any atom is 0.283 e. The van der Waals surface area contributed by atoms with Gasteiger partial charge in [0.1, 0.15) is 0 Å². The zero-order valence-electron chi connectivity index (χ0n) is 11.7. The van der Waals surface area contributed by atoms with Crippen molar-refractivity contribution in [2.45, 2.75) is 12.1 Å². The lowest BCUT2D eigenvalue weighted by molar-refractivity contribution is -0.384. The van der Waals surface area contributed by atoms with E-state index in [9.17, 15) is 10.1 Å². The summed E-state index contributed by atoms with van der Waals surface area (Å²) < 4.78 is 1.26.